The Morgan fingerprint density at radius 1 is 1.30 bits per heavy atom. The summed E-state index contributed by atoms with van der Waals surface area (Å²) in [5.74, 6) is 1.71. The van der Waals surface area contributed by atoms with Gasteiger partial charge in [0.2, 0.25) is 0 Å². The van der Waals surface area contributed by atoms with Gasteiger partial charge >= 0.3 is 0 Å². The first-order valence-electron chi connectivity index (χ1n) is 7.97. The molecule has 126 valence electrons. The fourth-order valence-electron chi connectivity index (χ4n) is 2.67. The van der Waals surface area contributed by atoms with Crippen LogP contribution in [0, 0.1) is 0 Å². The molecule has 1 aliphatic heterocycles. The molecule has 0 N–H and O–H groups in total. The maximum atomic E-state index is 5.75. The topological polar surface area (TPSA) is 65.3 Å². The van der Waals surface area contributed by atoms with Gasteiger partial charge in [0.15, 0.2) is 5.65 Å². The van der Waals surface area contributed by atoms with Crippen molar-refractivity contribution >= 4 is 16.9 Å². The molecule has 2 aromatic rings. The van der Waals surface area contributed by atoms with Crippen molar-refractivity contribution in [3.05, 3.63) is 12.0 Å². The number of hydrogen-bond donors (Lipinski definition) is 0. The van der Waals surface area contributed by atoms with E-state index in [0.29, 0.717) is 19.8 Å². The number of likely N-dealkylation sites (N-methyl/N-ethyl adjacent to an activating group) is 1. The van der Waals surface area contributed by atoms with Crippen LogP contribution in [0.4, 0.5) is 5.82 Å². The third kappa shape index (κ3) is 3.30. The quantitative estimate of drug-likeness (QED) is 0.854. The van der Waals surface area contributed by atoms with Gasteiger partial charge in [-0.05, 0) is 0 Å². The van der Waals surface area contributed by atoms with Crippen LogP contribution in [0.2, 0.25) is 0 Å². The van der Waals surface area contributed by atoms with Crippen LogP contribution in [-0.2, 0) is 21.9 Å². The molecule has 23 heavy (non-hydrogen) atoms. The average molecular weight is 319 g/mol. The van der Waals surface area contributed by atoms with Gasteiger partial charge in [0.1, 0.15) is 11.6 Å². The number of hydrogen-bond acceptors (Lipinski definition) is 6. The van der Waals surface area contributed by atoms with Crippen LogP contribution < -0.4 is 4.90 Å². The highest BCUT2D eigenvalue weighted by Crippen LogP contribution is 2.27. The fourth-order valence-corrected chi connectivity index (χ4v) is 2.67. The average Bonchev–Trinajstić information content (AvgIpc) is 2.88. The maximum absolute atomic E-state index is 5.75. The Morgan fingerprint density at radius 3 is 2.74 bits per heavy atom. The molecule has 7 nitrogen and oxygen atoms in total. The zero-order valence-electron chi connectivity index (χ0n) is 14.5. The van der Waals surface area contributed by atoms with Gasteiger partial charge < -0.3 is 14.4 Å². The smallest absolute Gasteiger partial charge is 0.163 e. The fraction of sp³-hybridized carbons (Fsp3) is 0.688. The van der Waals surface area contributed by atoms with Crippen LogP contribution in [0.3, 0.4) is 0 Å². The summed E-state index contributed by atoms with van der Waals surface area (Å²) in [6.45, 7) is 9.03. The first-order valence-corrected chi connectivity index (χ1v) is 7.97. The highest BCUT2D eigenvalue weighted by Gasteiger charge is 2.24. The predicted octanol–water partition coefficient (Wildman–Crippen LogP) is 1.51. The first kappa shape index (κ1) is 16.1. The number of ether oxygens (including phenoxy) is 2. The second-order valence-electron chi connectivity index (χ2n) is 7.07. The number of aryl methyl sites for hydroxylation is 1. The van der Waals surface area contributed by atoms with E-state index in [0.717, 1.165) is 29.2 Å². The lowest BCUT2D eigenvalue weighted by atomic mass is 9.95. The van der Waals surface area contributed by atoms with E-state index < -0.39 is 0 Å². The third-order valence-corrected chi connectivity index (χ3v) is 3.97. The third-order valence-electron chi connectivity index (χ3n) is 3.97. The van der Waals surface area contributed by atoms with E-state index in [1.807, 2.05) is 20.3 Å². The molecule has 0 aliphatic carbocycles. The summed E-state index contributed by atoms with van der Waals surface area (Å²) >= 11 is 0. The van der Waals surface area contributed by atoms with Gasteiger partial charge in [-0.2, -0.15) is 5.10 Å². The van der Waals surface area contributed by atoms with Crippen molar-refractivity contribution < 1.29 is 9.47 Å². The van der Waals surface area contributed by atoms with E-state index >= 15 is 0 Å². The molecule has 1 unspecified atom stereocenters. The minimum atomic E-state index is -0.126. The first-order chi connectivity index (χ1) is 10.9. The summed E-state index contributed by atoms with van der Waals surface area (Å²) in [7, 11) is 3.93. The number of rotatable bonds is 3. The largest absolute Gasteiger partial charge is 0.376 e. The molecule has 2 aromatic heterocycles. The number of aromatic nitrogens is 4. The summed E-state index contributed by atoms with van der Waals surface area (Å²) in [5.41, 5.74) is 0.728. The molecule has 0 bridgehead atoms. The molecule has 0 amide bonds. The second-order valence-corrected chi connectivity index (χ2v) is 7.07. The summed E-state index contributed by atoms with van der Waals surface area (Å²) in [5, 5.41) is 5.30. The zero-order valence-corrected chi connectivity index (χ0v) is 14.5. The van der Waals surface area contributed by atoms with E-state index in [2.05, 4.69) is 30.8 Å². The van der Waals surface area contributed by atoms with Crippen LogP contribution >= 0.6 is 0 Å². The number of nitrogens with zero attached hydrogens (tertiary/aromatic N) is 5. The van der Waals surface area contributed by atoms with E-state index in [4.69, 9.17) is 19.4 Å². The summed E-state index contributed by atoms with van der Waals surface area (Å²) < 4.78 is 13.0. The van der Waals surface area contributed by atoms with E-state index in [-0.39, 0.29) is 11.5 Å². The molecule has 1 atom stereocenters. The molecule has 0 aromatic carbocycles. The van der Waals surface area contributed by atoms with Crippen LogP contribution in [0.25, 0.3) is 11.0 Å². The lowest BCUT2D eigenvalue weighted by molar-refractivity contribution is -0.0837. The van der Waals surface area contributed by atoms with Crippen LogP contribution in [-0.4, -0.2) is 59.3 Å². The number of anilines is 1. The lowest BCUT2D eigenvalue weighted by Gasteiger charge is -2.29. The van der Waals surface area contributed by atoms with Crippen LogP contribution in [0.15, 0.2) is 6.20 Å². The second kappa shape index (κ2) is 6.05. The molecule has 7 heteroatoms. The Labute approximate surface area is 136 Å². The lowest BCUT2D eigenvalue weighted by Crippen LogP contribution is -2.39. The van der Waals surface area contributed by atoms with Gasteiger partial charge in [0, 0.05) is 26.1 Å². The molecule has 0 spiro atoms. The minimum absolute atomic E-state index is 0.0634. The molecular formula is C16H25N5O2. The van der Waals surface area contributed by atoms with Gasteiger partial charge in [-0.1, -0.05) is 20.8 Å². The van der Waals surface area contributed by atoms with Crippen molar-refractivity contribution in [2.45, 2.75) is 32.3 Å². The Balaban J connectivity index is 1.97. The van der Waals surface area contributed by atoms with Crippen molar-refractivity contribution in [1.82, 2.24) is 19.7 Å². The van der Waals surface area contributed by atoms with Crippen LogP contribution in [0.5, 0.6) is 0 Å². The Morgan fingerprint density at radius 2 is 2.09 bits per heavy atom. The molecule has 0 radical (unpaired) electrons. The zero-order chi connectivity index (χ0) is 16.6. The van der Waals surface area contributed by atoms with Crippen molar-refractivity contribution in [2.75, 3.05) is 38.3 Å². The van der Waals surface area contributed by atoms with Gasteiger partial charge in [-0.25, -0.2) is 9.97 Å². The Bertz CT molecular complexity index is 686. The van der Waals surface area contributed by atoms with E-state index in [1.165, 1.54) is 0 Å². The van der Waals surface area contributed by atoms with E-state index in [1.54, 1.807) is 4.68 Å². The van der Waals surface area contributed by atoms with Gasteiger partial charge in [-0.3, -0.25) is 4.68 Å². The standard InChI is InChI=1S/C16H25N5O2/c1-16(2,3)15-18-13(12-8-17-21(5)14(12)19-15)20(4)9-11-10-22-6-7-23-11/h8,11H,6-7,9-10H2,1-5H3. The predicted molar refractivity (Wildman–Crippen MR) is 88.8 cm³/mol. The molecule has 3 heterocycles. The van der Waals surface area contributed by atoms with Gasteiger partial charge in [0.05, 0.1) is 37.5 Å². The minimum Gasteiger partial charge on any atom is -0.376 e. The molecule has 3 rings (SSSR count). The van der Waals surface area contributed by atoms with Crippen molar-refractivity contribution in [2.24, 2.45) is 7.05 Å². The molecular weight excluding hydrogens is 294 g/mol. The normalized spacial score (nSPS) is 19.3. The van der Waals surface area contributed by atoms with Gasteiger partial charge in [0.25, 0.3) is 0 Å². The Hall–Kier alpha value is -1.73. The molecule has 1 saturated heterocycles. The van der Waals surface area contributed by atoms with Crippen LogP contribution in [0.1, 0.15) is 26.6 Å². The monoisotopic (exact) mass is 319 g/mol. The van der Waals surface area contributed by atoms with Crippen molar-refractivity contribution in [3.8, 4) is 0 Å². The van der Waals surface area contributed by atoms with Crippen molar-refractivity contribution in [3.63, 3.8) is 0 Å². The number of fused-ring (bicyclic) bond motifs is 1. The highest BCUT2D eigenvalue weighted by atomic mass is 16.6. The summed E-state index contributed by atoms with van der Waals surface area (Å²) in [6.07, 6.45) is 1.89. The SMILES string of the molecule is CN(CC1COCCO1)c1nc(C(C)(C)C)nc2c1cnn2C. The molecule has 1 fully saturated rings. The summed E-state index contributed by atoms with van der Waals surface area (Å²) in [4.78, 5) is 11.6. The van der Waals surface area contributed by atoms with E-state index in [9.17, 15) is 0 Å². The van der Waals surface area contributed by atoms with Crippen molar-refractivity contribution in [1.29, 1.82) is 0 Å². The Kier molecular flexibility index (Phi) is 4.25. The summed E-state index contributed by atoms with van der Waals surface area (Å²) in [6, 6.07) is 0. The molecule has 0 saturated carbocycles. The maximum Gasteiger partial charge on any atom is 0.163 e. The van der Waals surface area contributed by atoms with Gasteiger partial charge in [-0.15, -0.1) is 0 Å². The highest BCUT2D eigenvalue weighted by molar-refractivity contribution is 5.87. The molecule has 1 aliphatic rings.